The number of ether oxygens (including phenoxy) is 1. The van der Waals surface area contributed by atoms with Gasteiger partial charge in [-0.25, -0.2) is 0 Å². The van der Waals surface area contributed by atoms with Crippen LogP contribution in [0.3, 0.4) is 0 Å². The summed E-state index contributed by atoms with van der Waals surface area (Å²) < 4.78 is 6.08. The van der Waals surface area contributed by atoms with Crippen molar-refractivity contribution in [3.8, 4) is 5.75 Å². The van der Waals surface area contributed by atoms with Gasteiger partial charge in [0.2, 0.25) is 0 Å². The van der Waals surface area contributed by atoms with Gasteiger partial charge in [0.05, 0.1) is 6.10 Å². The van der Waals surface area contributed by atoms with E-state index in [1.807, 2.05) is 42.5 Å². The maximum absolute atomic E-state index is 12.9. The van der Waals surface area contributed by atoms with Gasteiger partial charge in [-0.2, -0.15) is 0 Å². The fourth-order valence-corrected chi connectivity index (χ4v) is 6.13. The summed E-state index contributed by atoms with van der Waals surface area (Å²) in [6, 6.07) is 17.2. The highest BCUT2D eigenvalue weighted by molar-refractivity contribution is 5.94. The molecule has 2 N–H and O–H groups in total. The van der Waals surface area contributed by atoms with E-state index in [4.69, 9.17) is 4.74 Å². The fraction of sp³-hybridized carbons (Fsp3) is 0.519. The highest BCUT2D eigenvalue weighted by atomic mass is 16.5. The summed E-state index contributed by atoms with van der Waals surface area (Å²) in [6.45, 7) is 3.26. The molecule has 0 radical (unpaired) electrons. The number of nitrogens with zero attached hydrogens (tertiary/aromatic N) is 1. The van der Waals surface area contributed by atoms with E-state index in [-0.39, 0.29) is 23.5 Å². The maximum Gasteiger partial charge on any atom is 0.251 e. The first-order valence-corrected chi connectivity index (χ1v) is 12.0. The van der Waals surface area contributed by atoms with Crippen LogP contribution >= 0.6 is 0 Å². The first kappa shape index (κ1) is 21.5. The number of rotatable bonds is 6. The molecule has 4 unspecified atom stereocenters. The molecule has 0 spiro atoms. The van der Waals surface area contributed by atoms with Crippen molar-refractivity contribution in [1.29, 1.82) is 0 Å². The van der Waals surface area contributed by atoms with Crippen LogP contribution in [0.5, 0.6) is 5.75 Å². The molecule has 1 saturated heterocycles. The molecule has 3 aliphatic rings. The van der Waals surface area contributed by atoms with Crippen molar-refractivity contribution in [3.05, 3.63) is 65.7 Å². The van der Waals surface area contributed by atoms with Crippen LogP contribution in [0.25, 0.3) is 0 Å². The number of phenolic OH excluding ortho intramolecular Hbond substituents is 1. The van der Waals surface area contributed by atoms with Crippen LogP contribution in [0, 0.1) is 11.8 Å². The van der Waals surface area contributed by atoms with Crippen LogP contribution in [0.4, 0.5) is 0 Å². The Morgan fingerprint density at radius 2 is 2.00 bits per heavy atom. The molecule has 4 atom stereocenters. The Balaban J connectivity index is 1.44. The molecule has 1 heterocycles. The zero-order valence-corrected chi connectivity index (χ0v) is 18.9. The Bertz CT molecular complexity index is 945. The predicted octanol–water partition coefficient (Wildman–Crippen LogP) is 3.97. The first-order valence-electron chi connectivity index (χ1n) is 12.0. The standard InChI is InChI=1S/C27H34N2O3/c1-32-25-15-22(28-26(31)20-6-3-2-4-7-20)16-27(21-8-5-9-23(30)14-21)12-13-29(18-24(25)27)17-19-10-11-19/h2-9,14,19,22,24-25,30H,10-13,15-18H2,1H3,(H,28,31). The summed E-state index contributed by atoms with van der Waals surface area (Å²) in [5, 5.41) is 13.6. The van der Waals surface area contributed by atoms with Crippen molar-refractivity contribution in [1.82, 2.24) is 10.2 Å². The Hall–Kier alpha value is -2.37. The number of amides is 1. The average Bonchev–Trinajstić information content (AvgIpc) is 3.63. The molecule has 0 bridgehead atoms. The van der Waals surface area contributed by atoms with Crippen LogP contribution in [0.15, 0.2) is 54.6 Å². The minimum atomic E-state index is -0.119. The van der Waals surface area contributed by atoms with Crippen molar-refractivity contribution in [3.63, 3.8) is 0 Å². The number of nitrogens with one attached hydrogen (secondary N) is 1. The lowest BCUT2D eigenvalue weighted by Crippen LogP contribution is -2.61. The molecule has 2 aromatic carbocycles. The fourth-order valence-electron chi connectivity index (χ4n) is 6.13. The van der Waals surface area contributed by atoms with E-state index < -0.39 is 0 Å². The topological polar surface area (TPSA) is 61.8 Å². The minimum Gasteiger partial charge on any atom is -0.508 e. The van der Waals surface area contributed by atoms with Gasteiger partial charge in [0, 0.05) is 43.1 Å². The molecule has 3 fully saturated rings. The second-order valence-electron chi connectivity index (χ2n) is 10.0. The molecule has 170 valence electrons. The van der Waals surface area contributed by atoms with Gasteiger partial charge in [-0.15, -0.1) is 0 Å². The molecule has 5 rings (SSSR count). The lowest BCUT2D eigenvalue weighted by molar-refractivity contribution is -0.0678. The smallest absolute Gasteiger partial charge is 0.251 e. The molecule has 5 nitrogen and oxygen atoms in total. The number of aromatic hydroxyl groups is 1. The van der Waals surface area contributed by atoms with Crippen molar-refractivity contribution in [2.45, 2.75) is 49.7 Å². The molecule has 1 amide bonds. The Morgan fingerprint density at radius 3 is 2.72 bits per heavy atom. The third kappa shape index (κ3) is 4.28. The largest absolute Gasteiger partial charge is 0.508 e. The van der Waals surface area contributed by atoms with Gasteiger partial charge in [0.25, 0.3) is 5.91 Å². The second kappa shape index (κ2) is 8.87. The van der Waals surface area contributed by atoms with E-state index in [9.17, 15) is 9.90 Å². The lowest BCUT2D eigenvalue weighted by Gasteiger charge is -2.55. The Morgan fingerprint density at radius 1 is 1.19 bits per heavy atom. The van der Waals surface area contributed by atoms with Crippen molar-refractivity contribution in [2.24, 2.45) is 11.8 Å². The number of benzene rings is 2. The molecule has 5 heteroatoms. The highest BCUT2D eigenvalue weighted by Gasteiger charge is 2.53. The van der Waals surface area contributed by atoms with Crippen molar-refractivity contribution in [2.75, 3.05) is 26.7 Å². The molecule has 2 saturated carbocycles. The molecule has 32 heavy (non-hydrogen) atoms. The number of phenols is 1. The predicted molar refractivity (Wildman–Crippen MR) is 125 cm³/mol. The molecule has 1 aliphatic heterocycles. The molecule has 2 aliphatic carbocycles. The van der Waals surface area contributed by atoms with Crippen LogP contribution in [0.2, 0.25) is 0 Å². The summed E-state index contributed by atoms with van der Waals surface area (Å²) in [6.07, 6.45) is 5.49. The number of methoxy groups -OCH3 is 1. The van der Waals surface area contributed by atoms with Crippen LogP contribution in [-0.2, 0) is 10.2 Å². The highest BCUT2D eigenvalue weighted by Crippen LogP contribution is 2.51. The number of hydrogen-bond acceptors (Lipinski definition) is 4. The van der Waals surface area contributed by atoms with E-state index in [1.165, 1.54) is 24.9 Å². The van der Waals surface area contributed by atoms with Gasteiger partial charge in [-0.05, 0) is 74.4 Å². The van der Waals surface area contributed by atoms with Gasteiger partial charge >= 0.3 is 0 Å². The van der Waals surface area contributed by atoms with Gasteiger partial charge in [-0.1, -0.05) is 30.3 Å². The monoisotopic (exact) mass is 434 g/mol. The van der Waals surface area contributed by atoms with E-state index in [1.54, 1.807) is 13.2 Å². The van der Waals surface area contributed by atoms with Crippen LogP contribution < -0.4 is 5.32 Å². The number of carbonyl (C=O) groups excluding carboxylic acids is 1. The SMILES string of the molecule is COC1CC(NC(=O)c2ccccc2)CC2(c3cccc(O)c3)CCN(CC3CC3)CC12. The third-order valence-corrected chi connectivity index (χ3v) is 7.92. The van der Waals surface area contributed by atoms with Gasteiger partial charge in [0.1, 0.15) is 5.75 Å². The number of fused-ring (bicyclic) bond motifs is 1. The number of carbonyl (C=O) groups is 1. The van der Waals surface area contributed by atoms with Gasteiger partial charge < -0.3 is 20.1 Å². The van der Waals surface area contributed by atoms with Crippen LogP contribution in [0.1, 0.15) is 48.0 Å². The van der Waals surface area contributed by atoms with Crippen molar-refractivity contribution >= 4 is 5.91 Å². The van der Waals surface area contributed by atoms with Crippen molar-refractivity contribution < 1.29 is 14.6 Å². The third-order valence-electron chi connectivity index (χ3n) is 7.92. The lowest BCUT2D eigenvalue weighted by atomic mass is 9.57. The molecular weight excluding hydrogens is 400 g/mol. The summed E-state index contributed by atoms with van der Waals surface area (Å²) in [5.41, 5.74) is 1.75. The summed E-state index contributed by atoms with van der Waals surface area (Å²) in [5.74, 6) is 1.49. The maximum atomic E-state index is 12.9. The summed E-state index contributed by atoms with van der Waals surface area (Å²) in [7, 11) is 1.80. The molecule has 0 aromatic heterocycles. The number of hydrogen-bond donors (Lipinski definition) is 2. The van der Waals surface area contributed by atoms with E-state index in [2.05, 4.69) is 16.3 Å². The summed E-state index contributed by atoms with van der Waals surface area (Å²) >= 11 is 0. The Kier molecular flexibility index (Phi) is 5.95. The average molecular weight is 435 g/mol. The normalized spacial score (nSPS) is 30.5. The number of likely N-dealkylation sites (tertiary alicyclic amines) is 1. The second-order valence-corrected chi connectivity index (χ2v) is 10.0. The summed E-state index contributed by atoms with van der Waals surface area (Å²) in [4.78, 5) is 15.6. The van der Waals surface area contributed by atoms with E-state index in [0.717, 1.165) is 38.3 Å². The van der Waals surface area contributed by atoms with Gasteiger partial charge in [-0.3, -0.25) is 4.79 Å². The zero-order valence-electron chi connectivity index (χ0n) is 18.9. The Labute approximate surface area is 190 Å². The molecule has 2 aromatic rings. The number of piperidine rings is 1. The quantitative estimate of drug-likeness (QED) is 0.722. The van der Waals surface area contributed by atoms with E-state index in [0.29, 0.717) is 17.2 Å². The van der Waals surface area contributed by atoms with Crippen LogP contribution in [-0.4, -0.2) is 54.8 Å². The molecular formula is C27H34N2O3. The van der Waals surface area contributed by atoms with Gasteiger partial charge in [0.15, 0.2) is 0 Å². The van der Waals surface area contributed by atoms with E-state index >= 15 is 0 Å². The first-order chi connectivity index (χ1) is 15.6. The minimum absolute atomic E-state index is 0.0267. The zero-order chi connectivity index (χ0) is 22.1.